The first-order valence-electron chi connectivity index (χ1n) is 3.58. The van der Waals surface area contributed by atoms with Crippen LogP contribution in [0.5, 0.6) is 0 Å². The van der Waals surface area contributed by atoms with Crippen molar-refractivity contribution in [1.29, 1.82) is 0 Å². The summed E-state index contributed by atoms with van der Waals surface area (Å²) in [6.45, 7) is 1.63. The van der Waals surface area contributed by atoms with Gasteiger partial charge in [0.05, 0.1) is 11.3 Å². The molecular formula is C8H5ClF2INO. The zero-order valence-electron chi connectivity index (χ0n) is 7.02. The van der Waals surface area contributed by atoms with Crippen molar-refractivity contribution in [1.82, 2.24) is 4.98 Å². The second-order valence-corrected chi connectivity index (χ2v) is 3.98. The molecule has 0 saturated carbocycles. The van der Waals surface area contributed by atoms with Crippen LogP contribution in [0.15, 0.2) is 6.20 Å². The van der Waals surface area contributed by atoms with Crippen molar-refractivity contribution < 1.29 is 13.6 Å². The number of alkyl halides is 2. The van der Waals surface area contributed by atoms with Gasteiger partial charge in [0, 0.05) is 15.3 Å². The van der Waals surface area contributed by atoms with Gasteiger partial charge in [-0.1, -0.05) is 0 Å². The quantitative estimate of drug-likeness (QED) is 0.615. The second-order valence-electron chi connectivity index (χ2n) is 2.56. The van der Waals surface area contributed by atoms with Gasteiger partial charge >= 0.3 is 0 Å². The largest absolute Gasteiger partial charge is 0.276 e. The van der Waals surface area contributed by atoms with E-state index in [4.69, 9.17) is 11.6 Å². The molecule has 0 unspecified atom stereocenters. The fourth-order valence-corrected chi connectivity index (χ4v) is 2.02. The average Bonchev–Trinajstić information content (AvgIpc) is 2.08. The van der Waals surface area contributed by atoms with Gasteiger partial charge in [-0.2, -0.15) is 0 Å². The van der Waals surface area contributed by atoms with E-state index < -0.39 is 17.2 Å². The smallest absolute Gasteiger partial charge is 0.266 e. The summed E-state index contributed by atoms with van der Waals surface area (Å²) < 4.78 is 25.3. The maximum atomic E-state index is 12.4. The van der Waals surface area contributed by atoms with Crippen molar-refractivity contribution in [2.24, 2.45) is 0 Å². The summed E-state index contributed by atoms with van der Waals surface area (Å²) in [7, 11) is 0. The van der Waals surface area contributed by atoms with E-state index in [1.165, 1.54) is 0 Å². The lowest BCUT2D eigenvalue weighted by Gasteiger charge is -2.08. The maximum Gasteiger partial charge on any atom is 0.266 e. The lowest BCUT2D eigenvalue weighted by molar-refractivity contribution is 0.106. The molecule has 1 aromatic heterocycles. The zero-order chi connectivity index (χ0) is 10.9. The topological polar surface area (TPSA) is 30.0 Å². The van der Waals surface area contributed by atoms with Crippen LogP contribution in [0.2, 0.25) is 0 Å². The van der Waals surface area contributed by atoms with Gasteiger partial charge < -0.3 is 0 Å². The Hall–Kier alpha value is -0.300. The van der Waals surface area contributed by atoms with Gasteiger partial charge in [-0.15, -0.1) is 0 Å². The van der Waals surface area contributed by atoms with E-state index in [0.29, 0.717) is 9.26 Å². The van der Waals surface area contributed by atoms with Gasteiger partial charge in [0.15, 0.2) is 0 Å². The third-order valence-corrected chi connectivity index (χ3v) is 3.16. The number of aromatic nitrogens is 1. The molecule has 0 aliphatic heterocycles. The van der Waals surface area contributed by atoms with Crippen LogP contribution in [-0.2, 0) is 0 Å². The normalized spacial score (nSPS) is 10.7. The Kier molecular flexibility index (Phi) is 3.77. The highest BCUT2D eigenvalue weighted by Gasteiger charge is 2.21. The Bertz CT molecular complexity index is 384. The predicted octanol–water partition coefficient (Wildman–Crippen LogP) is 3.31. The van der Waals surface area contributed by atoms with Crippen molar-refractivity contribution in [2.75, 3.05) is 0 Å². The monoisotopic (exact) mass is 331 g/mol. The Morgan fingerprint density at radius 3 is 2.64 bits per heavy atom. The van der Waals surface area contributed by atoms with E-state index in [1.54, 1.807) is 29.5 Å². The minimum Gasteiger partial charge on any atom is -0.276 e. The molecule has 76 valence electrons. The highest BCUT2D eigenvalue weighted by Crippen LogP contribution is 2.28. The molecule has 6 heteroatoms. The SMILES string of the molecule is Cc1ncc(C(F)F)c(C(=O)Cl)c1I. The van der Waals surface area contributed by atoms with E-state index in [1.807, 2.05) is 0 Å². The first kappa shape index (κ1) is 11.8. The molecule has 0 aliphatic carbocycles. The molecule has 0 saturated heterocycles. The van der Waals surface area contributed by atoms with E-state index >= 15 is 0 Å². The third kappa shape index (κ3) is 2.20. The minimum atomic E-state index is -2.74. The molecule has 0 spiro atoms. The van der Waals surface area contributed by atoms with E-state index in [0.717, 1.165) is 6.20 Å². The Morgan fingerprint density at radius 1 is 1.64 bits per heavy atom. The zero-order valence-corrected chi connectivity index (χ0v) is 9.94. The molecule has 0 bridgehead atoms. The fraction of sp³-hybridized carbons (Fsp3) is 0.250. The number of hydrogen-bond acceptors (Lipinski definition) is 2. The summed E-state index contributed by atoms with van der Waals surface area (Å²) in [5, 5.41) is -0.879. The number of rotatable bonds is 2. The molecule has 1 aromatic rings. The highest BCUT2D eigenvalue weighted by molar-refractivity contribution is 14.1. The lowest BCUT2D eigenvalue weighted by Crippen LogP contribution is -2.05. The Labute approximate surface area is 97.8 Å². The molecule has 2 nitrogen and oxygen atoms in total. The van der Waals surface area contributed by atoms with Gasteiger partial charge in [0.25, 0.3) is 11.7 Å². The van der Waals surface area contributed by atoms with Crippen LogP contribution in [0.1, 0.15) is 28.0 Å². The van der Waals surface area contributed by atoms with Crippen LogP contribution in [0.3, 0.4) is 0 Å². The number of carbonyl (C=O) groups excluding carboxylic acids is 1. The van der Waals surface area contributed by atoms with Crippen LogP contribution < -0.4 is 0 Å². The van der Waals surface area contributed by atoms with Crippen LogP contribution in [0.4, 0.5) is 8.78 Å². The van der Waals surface area contributed by atoms with Gasteiger partial charge in [-0.05, 0) is 41.1 Å². The maximum absolute atomic E-state index is 12.4. The van der Waals surface area contributed by atoms with Crippen molar-refractivity contribution in [3.05, 3.63) is 26.6 Å². The van der Waals surface area contributed by atoms with Gasteiger partial charge in [-0.25, -0.2) is 8.78 Å². The summed E-state index contributed by atoms with van der Waals surface area (Å²) >= 11 is 7.00. The Morgan fingerprint density at radius 2 is 2.21 bits per heavy atom. The van der Waals surface area contributed by atoms with Crippen LogP contribution in [-0.4, -0.2) is 10.2 Å². The number of hydrogen-bond donors (Lipinski definition) is 0. The summed E-state index contributed by atoms with van der Waals surface area (Å²) in [6, 6.07) is 0. The number of halogens is 4. The molecule has 0 aliphatic rings. The summed E-state index contributed by atoms with van der Waals surface area (Å²) in [4.78, 5) is 14.7. The summed E-state index contributed by atoms with van der Waals surface area (Å²) in [5.41, 5.74) is -0.0474. The van der Waals surface area contributed by atoms with Crippen molar-refractivity contribution in [3.8, 4) is 0 Å². The fourth-order valence-electron chi connectivity index (χ4n) is 0.960. The predicted molar refractivity (Wildman–Crippen MR) is 56.8 cm³/mol. The van der Waals surface area contributed by atoms with Crippen molar-refractivity contribution in [2.45, 2.75) is 13.3 Å². The molecule has 1 rings (SSSR count). The summed E-state index contributed by atoms with van der Waals surface area (Å²) in [5.74, 6) is 0. The molecule has 0 N–H and O–H groups in total. The molecule has 0 atom stereocenters. The number of aryl methyl sites for hydroxylation is 1. The molecule has 0 aromatic carbocycles. The third-order valence-electron chi connectivity index (χ3n) is 1.65. The van der Waals surface area contributed by atoms with Gasteiger partial charge in [0.1, 0.15) is 0 Å². The number of carbonyl (C=O) groups is 1. The van der Waals surface area contributed by atoms with Crippen molar-refractivity contribution >= 4 is 39.4 Å². The number of nitrogens with zero attached hydrogens (tertiary/aromatic N) is 1. The molecule has 0 amide bonds. The first-order valence-corrected chi connectivity index (χ1v) is 5.03. The Balaban J connectivity index is 3.45. The van der Waals surface area contributed by atoms with Gasteiger partial charge in [0.2, 0.25) is 0 Å². The highest BCUT2D eigenvalue weighted by atomic mass is 127. The van der Waals surface area contributed by atoms with Crippen LogP contribution >= 0.6 is 34.2 Å². The van der Waals surface area contributed by atoms with E-state index in [2.05, 4.69) is 4.98 Å². The summed E-state index contributed by atoms with van der Waals surface area (Å²) in [6.07, 6.45) is -1.76. The van der Waals surface area contributed by atoms with Crippen LogP contribution in [0, 0.1) is 10.5 Å². The molecule has 0 radical (unpaired) electrons. The van der Waals surface area contributed by atoms with Crippen LogP contribution in [0.25, 0.3) is 0 Å². The molecule has 1 heterocycles. The second kappa shape index (κ2) is 4.48. The molecule has 14 heavy (non-hydrogen) atoms. The minimum absolute atomic E-state index is 0.144. The number of pyridine rings is 1. The average molecular weight is 331 g/mol. The van der Waals surface area contributed by atoms with E-state index in [9.17, 15) is 13.6 Å². The molecule has 0 fully saturated rings. The van der Waals surface area contributed by atoms with Gasteiger partial charge in [-0.3, -0.25) is 9.78 Å². The lowest BCUT2D eigenvalue weighted by atomic mass is 10.1. The standard InChI is InChI=1S/C8H5ClF2INO/c1-3-6(12)5(7(9)14)4(2-13-3)8(10)11/h2,8H,1H3. The van der Waals surface area contributed by atoms with Crippen molar-refractivity contribution in [3.63, 3.8) is 0 Å². The molecular weight excluding hydrogens is 326 g/mol. The van der Waals surface area contributed by atoms with E-state index in [-0.39, 0.29) is 5.56 Å². The first-order chi connectivity index (χ1) is 6.45.